The Labute approximate surface area is 119 Å². The smallest absolute Gasteiger partial charge is 0.161 e. The number of aromatic nitrogens is 2. The lowest BCUT2D eigenvalue weighted by molar-refractivity contribution is -0.0443. The van der Waals surface area contributed by atoms with E-state index in [4.69, 9.17) is 15.6 Å². The van der Waals surface area contributed by atoms with Gasteiger partial charge in [-0.3, -0.25) is 4.90 Å². The van der Waals surface area contributed by atoms with Gasteiger partial charge in [0, 0.05) is 36.8 Å². The van der Waals surface area contributed by atoms with Gasteiger partial charge in [-0.15, -0.1) is 0 Å². The predicted octanol–water partition coefficient (Wildman–Crippen LogP) is 1.42. The van der Waals surface area contributed by atoms with Crippen LogP contribution in [-0.2, 0) is 4.74 Å². The second-order valence-electron chi connectivity index (χ2n) is 5.90. The van der Waals surface area contributed by atoms with Crippen molar-refractivity contribution in [3.05, 3.63) is 17.6 Å². The molecule has 1 aromatic rings. The fourth-order valence-electron chi connectivity index (χ4n) is 2.59. The van der Waals surface area contributed by atoms with Crippen LogP contribution in [0.2, 0.25) is 0 Å². The summed E-state index contributed by atoms with van der Waals surface area (Å²) in [5.41, 5.74) is 3.73. The molecule has 1 saturated carbocycles. The highest BCUT2D eigenvalue weighted by Gasteiger charge is 2.30. The van der Waals surface area contributed by atoms with E-state index in [1.807, 2.05) is 6.07 Å². The number of nitrogens with two attached hydrogens (primary N) is 1. The summed E-state index contributed by atoms with van der Waals surface area (Å²) in [5, 5.41) is 0. The van der Waals surface area contributed by atoms with Gasteiger partial charge < -0.3 is 10.2 Å². The molecule has 1 unspecified atom stereocenters. The van der Waals surface area contributed by atoms with Gasteiger partial charge in [-0.05, 0) is 26.7 Å². The van der Waals surface area contributed by atoms with Crippen LogP contribution in [-0.4, -0.2) is 40.6 Å². The molecule has 0 bridgehead atoms. The molecular formula is C14H23N5O. The van der Waals surface area contributed by atoms with E-state index in [-0.39, 0.29) is 6.10 Å². The molecule has 2 fully saturated rings. The summed E-state index contributed by atoms with van der Waals surface area (Å²) in [6.45, 7) is 6.95. The van der Waals surface area contributed by atoms with Crippen LogP contribution >= 0.6 is 0 Å². The lowest BCUT2D eigenvalue weighted by Crippen LogP contribution is -2.42. The quantitative estimate of drug-likeness (QED) is 0.640. The second-order valence-corrected chi connectivity index (χ2v) is 5.90. The molecule has 110 valence electrons. The van der Waals surface area contributed by atoms with E-state index in [1.54, 1.807) is 0 Å². The minimum Gasteiger partial charge on any atom is -0.368 e. The van der Waals surface area contributed by atoms with Gasteiger partial charge in [0.1, 0.15) is 11.9 Å². The van der Waals surface area contributed by atoms with E-state index in [9.17, 15) is 0 Å². The standard InChI is InChI=1S/C14H23N5O/c1-9(2)19-5-6-20-12(8-19)14-16-11(10-3-4-10)7-13(17-14)18-15/h7,9-10,12H,3-6,8,15H2,1-2H3,(H,16,17,18). The van der Waals surface area contributed by atoms with Crippen LogP contribution < -0.4 is 11.3 Å². The van der Waals surface area contributed by atoms with E-state index in [0.717, 1.165) is 31.2 Å². The molecule has 2 heterocycles. The van der Waals surface area contributed by atoms with Gasteiger partial charge in [0.05, 0.1) is 6.61 Å². The number of morpholine rings is 1. The Kier molecular flexibility index (Phi) is 3.87. The minimum absolute atomic E-state index is 0.0584. The molecule has 20 heavy (non-hydrogen) atoms. The van der Waals surface area contributed by atoms with Crippen LogP contribution in [0.3, 0.4) is 0 Å². The van der Waals surface area contributed by atoms with Gasteiger partial charge >= 0.3 is 0 Å². The highest BCUT2D eigenvalue weighted by molar-refractivity contribution is 5.37. The number of hydrogen-bond acceptors (Lipinski definition) is 6. The number of nitrogens with zero attached hydrogens (tertiary/aromatic N) is 3. The Morgan fingerprint density at radius 2 is 2.20 bits per heavy atom. The van der Waals surface area contributed by atoms with Crippen LogP contribution in [0, 0.1) is 0 Å². The average molecular weight is 277 g/mol. The maximum Gasteiger partial charge on any atom is 0.161 e. The molecule has 3 rings (SSSR count). The average Bonchev–Trinajstić information content (AvgIpc) is 3.31. The number of anilines is 1. The van der Waals surface area contributed by atoms with Crippen LogP contribution in [0.4, 0.5) is 5.82 Å². The molecule has 2 aliphatic rings. The molecule has 6 nitrogen and oxygen atoms in total. The fraction of sp³-hybridized carbons (Fsp3) is 0.714. The van der Waals surface area contributed by atoms with Crippen LogP contribution in [0.1, 0.15) is 50.2 Å². The van der Waals surface area contributed by atoms with Gasteiger partial charge in [0.2, 0.25) is 0 Å². The maximum atomic E-state index is 5.86. The first-order valence-electron chi connectivity index (χ1n) is 7.38. The van der Waals surface area contributed by atoms with E-state index >= 15 is 0 Å². The van der Waals surface area contributed by atoms with Crippen LogP contribution in [0.15, 0.2) is 6.07 Å². The number of ether oxygens (including phenoxy) is 1. The van der Waals surface area contributed by atoms with Crippen molar-refractivity contribution in [3.8, 4) is 0 Å². The van der Waals surface area contributed by atoms with Crippen molar-refractivity contribution < 1.29 is 4.74 Å². The third-order valence-corrected chi connectivity index (χ3v) is 4.02. The lowest BCUT2D eigenvalue weighted by Gasteiger charge is -2.34. The third kappa shape index (κ3) is 2.92. The highest BCUT2D eigenvalue weighted by Crippen LogP contribution is 2.40. The summed E-state index contributed by atoms with van der Waals surface area (Å²) in [6, 6.07) is 2.46. The molecule has 0 spiro atoms. The van der Waals surface area contributed by atoms with Crippen LogP contribution in [0.25, 0.3) is 0 Å². The first kappa shape index (κ1) is 13.7. The molecule has 1 saturated heterocycles. The third-order valence-electron chi connectivity index (χ3n) is 4.02. The predicted molar refractivity (Wildman–Crippen MR) is 77.2 cm³/mol. The number of nitrogen functional groups attached to an aromatic ring is 1. The summed E-state index contributed by atoms with van der Waals surface area (Å²) in [5.74, 6) is 7.54. The van der Waals surface area contributed by atoms with Crippen LogP contribution in [0.5, 0.6) is 0 Å². The van der Waals surface area contributed by atoms with Gasteiger partial charge in [-0.25, -0.2) is 15.8 Å². The summed E-state index contributed by atoms with van der Waals surface area (Å²) in [7, 11) is 0. The zero-order chi connectivity index (χ0) is 14.1. The van der Waals surface area contributed by atoms with Gasteiger partial charge in [-0.2, -0.15) is 0 Å². The van der Waals surface area contributed by atoms with E-state index in [2.05, 4.69) is 29.2 Å². The van der Waals surface area contributed by atoms with Crippen molar-refractivity contribution in [2.45, 2.75) is 44.8 Å². The van der Waals surface area contributed by atoms with Crippen molar-refractivity contribution in [2.24, 2.45) is 5.84 Å². The molecular weight excluding hydrogens is 254 g/mol. The Bertz CT molecular complexity index is 475. The molecule has 1 aromatic heterocycles. The normalized spacial score (nSPS) is 24.1. The second kappa shape index (κ2) is 5.63. The van der Waals surface area contributed by atoms with Crippen molar-refractivity contribution in [1.29, 1.82) is 0 Å². The summed E-state index contributed by atoms with van der Waals surface area (Å²) in [6.07, 6.45) is 2.37. The lowest BCUT2D eigenvalue weighted by atomic mass is 10.2. The summed E-state index contributed by atoms with van der Waals surface area (Å²) >= 11 is 0. The van der Waals surface area contributed by atoms with Crippen molar-refractivity contribution in [2.75, 3.05) is 25.1 Å². The fourth-order valence-corrected chi connectivity index (χ4v) is 2.59. The van der Waals surface area contributed by atoms with Gasteiger partial charge in [0.25, 0.3) is 0 Å². The van der Waals surface area contributed by atoms with Gasteiger partial charge in [-0.1, -0.05) is 0 Å². The monoisotopic (exact) mass is 277 g/mol. The largest absolute Gasteiger partial charge is 0.368 e. The van der Waals surface area contributed by atoms with E-state index in [1.165, 1.54) is 12.8 Å². The first-order valence-corrected chi connectivity index (χ1v) is 7.38. The van der Waals surface area contributed by atoms with Gasteiger partial charge in [0.15, 0.2) is 5.82 Å². The van der Waals surface area contributed by atoms with E-state index in [0.29, 0.717) is 17.8 Å². The summed E-state index contributed by atoms with van der Waals surface area (Å²) < 4.78 is 5.86. The molecule has 6 heteroatoms. The van der Waals surface area contributed by atoms with E-state index < -0.39 is 0 Å². The molecule has 0 radical (unpaired) electrons. The SMILES string of the molecule is CC(C)N1CCOC(c2nc(NN)cc(C3CC3)n2)C1. The topological polar surface area (TPSA) is 76.3 Å². The molecule has 1 aliphatic heterocycles. The minimum atomic E-state index is -0.0584. The molecule has 0 aromatic carbocycles. The Balaban J connectivity index is 1.82. The molecule has 1 atom stereocenters. The number of nitrogens with one attached hydrogen (secondary N) is 1. The number of rotatable bonds is 4. The zero-order valence-corrected chi connectivity index (χ0v) is 12.2. The van der Waals surface area contributed by atoms with Crippen molar-refractivity contribution in [3.63, 3.8) is 0 Å². The zero-order valence-electron chi connectivity index (χ0n) is 12.2. The highest BCUT2D eigenvalue weighted by atomic mass is 16.5. The number of hydrogen-bond donors (Lipinski definition) is 2. The van der Waals surface area contributed by atoms with Crippen molar-refractivity contribution >= 4 is 5.82 Å². The molecule has 0 amide bonds. The number of hydrazine groups is 1. The molecule has 1 aliphatic carbocycles. The Morgan fingerprint density at radius 1 is 1.40 bits per heavy atom. The molecule has 3 N–H and O–H groups in total. The Morgan fingerprint density at radius 3 is 2.85 bits per heavy atom. The summed E-state index contributed by atoms with van der Waals surface area (Å²) in [4.78, 5) is 11.6. The Hall–Kier alpha value is -1.24. The van der Waals surface area contributed by atoms with Crippen molar-refractivity contribution in [1.82, 2.24) is 14.9 Å². The first-order chi connectivity index (χ1) is 9.67. The maximum absolute atomic E-state index is 5.86.